The summed E-state index contributed by atoms with van der Waals surface area (Å²) in [4.78, 5) is 37.6. The summed E-state index contributed by atoms with van der Waals surface area (Å²) in [5.74, 6) is -0.990. The highest BCUT2D eigenvalue weighted by Gasteiger charge is 2.27. The van der Waals surface area contributed by atoms with Crippen molar-refractivity contribution in [2.75, 3.05) is 11.1 Å². The van der Waals surface area contributed by atoms with Gasteiger partial charge in [0.15, 0.2) is 11.0 Å². The van der Waals surface area contributed by atoms with Crippen LogP contribution in [-0.4, -0.2) is 44.4 Å². The molecule has 0 atom stereocenters. The molecular weight excluding hydrogens is 531 g/mol. The lowest BCUT2D eigenvalue weighted by molar-refractivity contribution is -0.113. The number of nitrogens with zero attached hydrogens (tertiary/aromatic N) is 3. The van der Waals surface area contributed by atoms with Gasteiger partial charge in [0.25, 0.3) is 5.91 Å². The van der Waals surface area contributed by atoms with Gasteiger partial charge in [-0.3, -0.25) is 14.2 Å². The number of ether oxygens (including phenoxy) is 1. The minimum atomic E-state index is -0.679. The summed E-state index contributed by atoms with van der Waals surface area (Å²) < 4.78 is 8.36. The van der Waals surface area contributed by atoms with E-state index in [1.165, 1.54) is 11.8 Å². The number of nitrogens with one attached hydrogen (secondary N) is 1. The van der Waals surface area contributed by atoms with Crippen LogP contribution in [-0.2, 0) is 16.1 Å². The maximum absolute atomic E-state index is 12.9. The van der Waals surface area contributed by atoms with Gasteiger partial charge in [0.1, 0.15) is 5.00 Å². The van der Waals surface area contributed by atoms with Crippen molar-refractivity contribution < 1.29 is 19.1 Å². The summed E-state index contributed by atoms with van der Waals surface area (Å²) >= 11 is 3.79. The van der Waals surface area contributed by atoms with Gasteiger partial charge in [0.05, 0.1) is 22.3 Å². The highest BCUT2D eigenvalue weighted by molar-refractivity contribution is 7.99. The lowest BCUT2D eigenvalue weighted by Gasteiger charge is -2.10. The van der Waals surface area contributed by atoms with E-state index in [1.54, 1.807) is 38.2 Å². The first-order valence-electron chi connectivity index (χ1n) is 11.3. The topological polar surface area (TPSA) is 129 Å². The zero-order valence-electron chi connectivity index (χ0n) is 20.4. The molecule has 0 aliphatic rings. The first kappa shape index (κ1) is 26.6. The van der Waals surface area contributed by atoms with Gasteiger partial charge >= 0.3 is 5.97 Å². The van der Waals surface area contributed by atoms with E-state index < -0.39 is 11.9 Å². The number of nitrogens with two attached hydrogens (primary N) is 1. The van der Waals surface area contributed by atoms with Crippen LogP contribution in [0, 0.1) is 6.92 Å². The molecule has 3 N–H and O–H groups in total. The number of thiophene rings is 2. The number of rotatable bonds is 10. The van der Waals surface area contributed by atoms with E-state index >= 15 is 0 Å². The minimum Gasteiger partial charge on any atom is -0.459 e. The smallest absolute Gasteiger partial charge is 0.341 e. The Morgan fingerprint density at radius 3 is 2.73 bits per heavy atom. The molecule has 0 fully saturated rings. The first-order valence-corrected chi connectivity index (χ1v) is 14.0. The summed E-state index contributed by atoms with van der Waals surface area (Å²) in [6, 6.07) is 8.07. The second-order valence-corrected chi connectivity index (χ2v) is 11.1. The summed E-state index contributed by atoms with van der Waals surface area (Å²) in [7, 11) is 0. The molecule has 0 radical (unpaired) electrons. The van der Waals surface area contributed by atoms with Crippen molar-refractivity contribution in [2.24, 2.45) is 5.73 Å². The molecule has 4 aromatic rings. The monoisotopic (exact) mass is 555 g/mol. The number of carbonyl (C=O) groups is 3. The van der Waals surface area contributed by atoms with Gasteiger partial charge < -0.3 is 15.8 Å². The van der Waals surface area contributed by atoms with Crippen LogP contribution in [0.3, 0.4) is 0 Å². The number of esters is 1. The van der Waals surface area contributed by atoms with Crippen LogP contribution < -0.4 is 11.1 Å². The van der Waals surface area contributed by atoms with Crippen LogP contribution in [0.5, 0.6) is 0 Å². The fourth-order valence-corrected chi connectivity index (χ4v) is 6.44. The number of allylic oxidation sites excluding steroid dienone is 1. The van der Waals surface area contributed by atoms with Gasteiger partial charge in [-0.25, -0.2) is 4.79 Å². The van der Waals surface area contributed by atoms with Crippen LogP contribution in [0.4, 0.5) is 5.00 Å². The highest BCUT2D eigenvalue weighted by atomic mass is 32.2. The third kappa shape index (κ3) is 5.60. The molecule has 0 aliphatic heterocycles. The Kier molecular flexibility index (Phi) is 8.10. The maximum Gasteiger partial charge on any atom is 0.341 e. The van der Waals surface area contributed by atoms with Crippen molar-refractivity contribution in [1.29, 1.82) is 0 Å². The van der Waals surface area contributed by atoms with E-state index in [0.717, 1.165) is 27.0 Å². The second-order valence-electron chi connectivity index (χ2n) is 8.27. The average molecular weight is 556 g/mol. The van der Waals surface area contributed by atoms with Gasteiger partial charge in [-0.15, -0.1) is 39.4 Å². The zero-order chi connectivity index (χ0) is 26.7. The normalized spacial score (nSPS) is 11.1. The Morgan fingerprint density at radius 1 is 1.27 bits per heavy atom. The molecule has 12 heteroatoms. The fraction of sp³-hybridized carbons (Fsp3) is 0.240. The third-order valence-electron chi connectivity index (χ3n) is 5.25. The van der Waals surface area contributed by atoms with E-state index in [0.29, 0.717) is 23.1 Å². The molecule has 4 rings (SSSR count). The number of hydrogen-bond acceptors (Lipinski definition) is 9. The molecule has 3 aromatic heterocycles. The Hall–Kier alpha value is -3.48. The fourth-order valence-electron chi connectivity index (χ4n) is 3.69. The second kappa shape index (κ2) is 11.3. The number of benzene rings is 1. The summed E-state index contributed by atoms with van der Waals surface area (Å²) in [5.41, 5.74) is 6.94. The molecule has 37 heavy (non-hydrogen) atoms. The van der Waals surface area contributed by atoms with E-state index in [9.17, 15) is 14.4 Å². The number of anilines is 1. The maximum atomic E-state index is 12.9. The Bertz CT molecular complexity index is 1500. The number of carbonyl (C=O) groups excluding carboxylic acids is 3. The van der Waals surface area contributed by atoms with Crippen LogP contribution in [0.25, 0.3) is 21.5 Å². The van der Waals surface area contributed by atoms with Crippen molar-refractivity contribution in [2.45, 2.75) is 38.6 Å². The third-order valence-corrected chi connectivity index (χ3v) is 8.41. The van der Waals surface area contributed by atoms with Crippen LogP contribution in [0.15, 0.2) is 47.5 Å². The molecule has 0 saturated carbocycles. The number of primary amides is 1. The Morgan fingerprint density at radius 2 is 2.03 bits per heavy atom. The van der Waals surface area contributed by atoms with E-state index in [-0.39, 0.29) is 33.2 Å². The molecule has 0 saturated heterocycles. The summed E-state index contributed by atoms with van der Waals surface area (Å²) in [6.07, 6.45) is 1.38. The van der Waals surface area contributed by atoms with Gasteiger partial charge in [-0.05, 0) is 32.4 Å². The number of amides is 2. The molecule has 0 bridgehead atoms. The Labute approximate surface area is 225 Å². The van der Waals surface area contributed by atoms with Crippen molar-refractivity contribution in [1.82, 2.24) is 14.8 Å². The molecule has 1 aromatic carbocycles. The van der Waals surface area contributed by atoms with Gasteiger partial charge in [0.2, 0.25) is 5.91 Å². The number of fused-ring (bicyclic) bond motifs is 1. The van der Waals surface area contributed by atoms with Gasteiger partial charge in [-0.2, -0.15) is 0 Å². The quantitative estimate of drug-likeness (QED) is 0.158. The lowest BCUT2D eigenvalue weighted by Crippen LogP contribution is -2.18. The predicted molar refractivity (Wildman–Crippen MR) is 149 cm³/mol. The molecule has 0 unspecified atom stereocenters. The first-order chi connectivity index (χ1) is 17.7. The molecular formula is C25H25N5O4S3. The molecule has 2 amide bonds. The Balaban J connectivity index is 1.55. The van der Waals surface area contributed by atoms with Crippen LogP contribution in [0.1, 0.15) is 39.4 Å². The number of hydrogen-bond donors (Lipinski definition) is 2. The molecule has 0 spiro atoms. The highest BCUT2D eigenvalue weighted by Crippen LogP contribution is 2.36. The molecule has 3 heterocycles. The minimum absolute atomic E-state index is 0.00117. The largest absolute Gasteiger partial charge is 0.459 e. The van der Waals surface area contributed by atoms with Crippen molar-refractivity contribution in [3.05, 3.63) is 58.3 Å². The molecule has 9 nitrogen and oxygen atoms in total. The summed E-state index contributed by atoms with van der Waals surface area (Å²) in [6.45, 7) is 9.35. The lowest BCUT2D eigenvalue weighted by atomic mass is 10.1. The number of thioether (sulfide) groups is 1. The average Bonchev–Trinajstić information content (AvgIpc) is 3.52. The predicted octanol–water partition coefficient (Wildman–Crippen LogP) is 5.11. The number of aromatic nitrogens is 3. The van der Waals surface area contributed by atoms with Crippen molar-refractivity contribution >= 4 is 67.3 Å². The van der Waals surface area contributed by atoms with Crippen LogP contribution >= 0.6 is 34.4 Å². The van der Waals surface area contributed by atoms with E-state index in [4.69, 9.17) is 10.5 Å². The van der Waals surface area contributed by atoms with Gasteiger partial charge in [0, 0.05) is 27.6 Å². The van der Waals surface area contributed by atoms with Crippen molar-refractivity contribution in [3.8, 4) is 11.4 Å². The van der Waals surface area contributed by atoms with Gasteiger partial charge in [-0.1, -0.05) is 36.0 Å². The molecule has 192 valence electrons. The molecule has 0 aliphatic carbocycles. The zero-order valence-corrected chi connectivity index (χ0v) is 22.9. The van der Waals surface area contributed by atoms with Crippen LogP contribution in [0.2, 0.25) is 0 Å². The standard InChI is InChI=1S/C25H25N5O4S3/c1-5-10-30-22(16-11-35-17-9-7-6-8-15(16)17)28-29-25(30)36-12-18(31)27-23-19(24(33)34-13(2)3)14(4)20(37-23)21(26)32/h5-9,11,13H,1,10,12H2,2-4H3,(H2,26,32)(H,27,31). The SMILES string of the molecule is C=CCn1c(SCC(=O)Nc2sc(C(N)=O)c(C)c2C(=O)OC(C)C)nnc1-c1csc2ccccc12. The summed E-state index contributed by atoms with van der Waals surface area (Å²) in [5, 5.41) is 15.4. The van der Waals surface area contributed by atoms with E-state index in [2.05, 4.69) is 28.2 Å². The van der Waals surface area contributed by atoms with Crippen molar-refractivity contribution in [3.63, 3.8) is 0 Å². The van der Waals surface area contributed by atoms with E-state index in [1.807, 2.05) is 28.1 Å².